The van der Waals surface area contributed by atoms with E-state index in [-0.39, 0.29) is 34.9 Å². The van der Waals surface area contributed by atoms with Gasteiger partial charge in [-0.05, 0) is 53.4 Å². The number of benzene rings is 3. The summed E-state index contributed by atoms with van der Waals surface area (Å²) in [6.07, 6.45) is 0. The number of methoxy groups -OCH3 is 2. The SMILES string of the molecule is COc1ccc(S(=O)(=O)N(CC(=O)NCCOc2ccccc2C(C)(C)C)c2ccc(Cl)cc2)cc1OC. The van der Waals surface area contributed by atoms with Crippen LogP contribution < -0.4 is 23.8 Å². The predicted octanol–water partition coefficient (Wildman–Crippen LogP) is 5.05. The Morgan fingerprint density at radius 3 is 2.21 bits per heavy atom. The molecule has 0 saturated heterocycles. The van der Waals surface area contributed by atoms with Gasteiger partial charge in [0, 0.05) is 11.1 Å². The molecule has 0 spiro atoms. The quantitative estimate of drug-likeness (QED) is 0.330. The molecule has 204 valence electrons. The molecule has 0 radical (unpaired) electrons. The van der Waals surface area contributed by atoms with Crippen molar-refractivity contribution in [2.45, 2.75) is 31.1 Å². The molecule has 3 aromatic rings. The van der Waals surface area contributed by atoms with E-state index in [0.29, 0.717) is 10.8 Å². The Labute approximate surface area is 229 Å². The molecule has 1 N–H and O–H groups in total. The lowest BCUT2D eigenvalue weighted by Gasteiger charge is -2.25. The third kappa shape index (κ3) is 7.11. The van der Waals surface area contributed by atoms with Crippen LogP contribution in [0.2, 0.25) is 5.02 Å². The number of amides is 1. The van der Waals surface area contributed by atoms with Crippen molar-refractivity contribution in [2.75, 3.05) is 38.2 Å². The van der Waals surface area contributed by atoms with E-state index in [1.165, 1.54) is 32.4 Å². The van der Waals surface area contributed by atoms with Gasteiger partial charge >= 0.3 is 0 Å². The van der Waals surface area contributed by atoms with E-state index in [1.54, 1.807) is 24.3 Å². The molecule has 0 fully saturated rings. The number of ether oxygens (including phenoxy) is 3. The number of carbonyl (C=O) groups is 1. The summed E-state index contributed by atoms with van der Waals surface area (Å²) >= 11 is 6.01. The number of para-hydroxylation sites is 1. The maximum atomic E-state index is 13.7. The monoisotopic (exact) mass is 560 g/mol. The second-order valence-corrected chi connectivity index (χ2v) is 11.7. The molecule has 0 aromatic heterocycles. The number of anilines is 1. The highest BCUT2D eigenvalue weighted by atomic mass is 35.5. The van der Waals surface area contributed by atoms with Crippen LogP contribution in [0.1, 0.15) is 26.3 Å². The average molecular weight is 561 g/mol. The Hall–Kier alpha value is -3.43. The second-order valence-electron chi connectivity index (χ2n) is 9.45. The van der Waals surface area contributed by atoms with Crippen LogP contribution >= 0.6 is 11.6 Å². The average Bonchev–Trinajstić information content (AvgIpc) is 2.89. The summed E-state index contributed by atoms with van der Waals surface area (Å²) in [7, 11) is -1.28. The molecule has 0 aliphatic carbocycles. The Balaban J connectivity index is 1.76. The van der Waals surface area contributed by atoms with Crippen molar-refractivity contribution in [3.63, 3.8) is 0 Å². The van der Waals surface area contributed by atoms with Crippen LogP contribution in [0.25, 0.3) is 0 Å². The van der Waals surface area contributed by atoms with Crippen molar-refractivity contribution >= 4 is 33.2 Å². The molecular weight excluding hydrogens is 528 g/mol. The van der Waals surface area contributed by atoms with E-state index >= 15 is 0 Å². The second kappa shape index (κ2) is 12.4. The molecule has 3 rings (SSSR count). The summed E-state index contributed by atoms with van der Waals surface area (Å²) < 4.78 is 44.7. The van der Waals surface area contributed by atoms with E-state index in [0.717, 1.165) is 15.6 Å². The maximum absolute atomic E-state index is 13.7. The number of rotatable bonds is 11. The number of hydrogen-bond acceptors (Lipinski definition) is 6. The first kappa shape index (κ1) is 29.1. The zero-order valence-electron chi connectivity index (χ0n) is 22.2. The van der Waals surface area contributed by atoms with Crippen LogP contribution in [0.15, 0.2) is 71.6 Å². The molecule has 0 heterocycles. The summed E-state index contributed by atoms with van der Waals surface area (Å²) in [6, 6.07) is 18.2. The van der Waals surface area contributed by atoms with Crippen LogP contribution in [0, 0.1) is 0 Å². The zero-order chi connectivity index (χ0) is 27.9. The van der Waals surface area contributed by atoms with E-state index in [1.807, 2.05) is 24.3 Å². The lowest BCUT2D eigenvalue weighted by Crippen LogP contribution is -2.42. The molecule has 38 heavy (non-hydrogen) atoms. The fourth-order valence-electron chi connectivity index (χ4n) is 3.78. The number of carbonyl (C=O) groups excluding carboxylic acids is 1. The van der Waals surface area contributed by atoms with Gasteiger partial charge in [-0.15, -0.1) is 0 Å². The first-order chi connectivity index (χ1) is 18.0. The van der Waals surface area contributed by atoms with Crippen LogP contribution in [0.4, 0.5) is 5.69 Å². The minimum Gasteiger partial charge on any atom is -0.493 e. The summed E-state index contributed by atoms with van der Waals surface area (Å²) in [4.78, 5) is 12.8. The van der Waals surface area contributed by atoms with Crippen LogP contribution in [0.3, 0.4) is 0 Å². The number of nitrogens with zero attached hydrogens (tertiary/aromatic N) is 1. The number of nitrogens with one attached hydrogen (secondary N) is 1. The number of hydrogen-bond donors (Lipinski definition) is 1. The minimum atomic E-state index is -4.15. The normalized spacial score (nSPS) is 11.5. The van der Waals surface area contributed by atoms with Gasteiger partial charge in [0.15, 0.2) is 11.5 Å². The smallest absolute Gasteiger partial charge is 0.264 e. The lowest BCUT2D eigenvalue weighted by atomic mass is 9.86. The third-order valence-electron chi connectivity index (χ3n) is 5.72. The van der Waals surface area contributed by atoms with E-state index in [2.05, 4.69) is 26.1 Å². The molecule has 0 unspecified atom stereocenters. The standard InChI is InChI=1S/C28H33ClN2O6S/c1-28(2,3)23-8-6-7-9-24(23)37-17-16-30-27(32)19-31(21-12-10-20(29)11-13-21)38(33,34)22-14-15-25(35-4)26(18-22)36-5/h6-15,18H,16-17,19H2,1-5H3,(H,30,32). The van der Waals surface area contributed by atoms with Crippen molar-refractivity contribution in [1.29, 1.82) is 0 Å². The van der Waals surface area contributed by atoms with Crippen molar-refractivity contribution in [3.05, 3.63) is 77.3 Å². The molecule has 0 aliphatic heterocycles. The van der Waals surface area contributed by atoms with Gasteiger partial charge in [0.2, 0.25) is 5.91 Å². The Morgan fingerprint density at radius 2 is 1.58 bits per heavy atom. The van der Waals surface area contributed by atoms with Gasteiger partial charge in [-0.25, -0.2) is 8.42 Å². The summed E-state index contributed by atoms with van der Waals surface area (Å²) in [6.45, 7) is 6.27. The largest absolute Gasteiger partial charge is 0.493 e. The number of halogens is 1. The summed E-state index contributed by atoms with van der Waals surface area (Å²) in [5.41, 5.74) is 1.24. The third-order valence-corrected chi connectivity index (χ3v) is 7.74. The van der Waals surface area contributed by atoms with E-state index in [4.69, 9.17) is 25.8 Å². The Kier molecular flexibility index (Phi) is 9.51. The molecule has 1 amide bonds. The van der Waals surface area contributed by atoms with Crippen molar-refractivity contribution < 1.29 is 27.4 Å². The Bertz CT molecular complexity index is 1350. The molecule has 0 saturated carbocycles. The minimum absolute atomic E-state index is 0.0555. The van der Waals surface area contributed by atoms with Gasteiger partial charge in [-0.3, -0.25) is 9.10 Å². The highest BCUT2D eigenvalue weighted by molar-refractivity contribution is 7.92. The van der Waals surface area contributed by atoms with Crippen molar-refractivity contribution in [1.82, 2.24) is 5.32 Å². The molecule has 0 aliphatic rings. The maximum Gasteiger partial charge on any atom is 0.264 e. The zero-order valence-corrected chi connectivity index (χ0v) is 23.7. The number of sulfonamides is 1. The fraction of sp³-hybridized carbons (Fsp3) is 0.321. The highest BCUT2D eigenvalue weighted by Gasteiger charge is 2.28. The van der Waals surface area contributed by atoms with E-state index in [9.17, 15) is 13.2 Å². The molecule has 0 bridgehead atoms. The molecular formula is C28H33ClN2O6S. The molecule has 10 heteroatoms. The summed E-state index contributed by atoms with van der Waals surface area (Å²) in [5, 5.41) is 3.19. The van der Waals surface area contributed by atoms with Gasteiger partial charge in [0.1, 0.15) is 18.9 Å². The van der Waals surface area contributed by atoms with Crippen LogP contribution in [-0.2, 0) is 20.2 Å². The molecule has 3 aromatic carbocycles. The van der Waals surface area contributed by atoms with E-state index < -0.39 is 22.5 Å². The van der Waals surface area contributed by atoms with Gasteiger partial charge in [-0.1, -0.05) is 50.6 Å². The molecule has 8 nitrogen and oxygen atoms in total. The predicted molar refractivity (Wildman–Crippen MR) is 149 cm³/mol. The van der Waals surface area contributed by atoms with Crippen LogP contribution in [0.5, 0.6) is 17.2 Å². The van der Waals surface area contributed by atoms with Crippen LogP contribution in [-0.4, -0.2) is 48.2 Å². The van der Waals surface area contributed by atoms with Gasteiger partial charge in [0.25, 0.3) is 10.0 Å². The lowest BCUT2D eigenvalue weighted by molar-refractivity contribution is -0.119. The van der Waals surface area contributed by atoms with Gasteiger partial charge in [0.05, 0.1) is 31.3 Å². The van der Waals surface area contributed by atoms with Crippen molar-refractivity contribution in [3.8, 4) is 17.2 Å². The first-order valence-electron chi connectivity index (χ1n) is 12.0. The molecule has 0 atom stereocenters. The van der Waals surface area contributed by atoms with Crippen molar-refractivity contribution in [2.24, 2.45) is 0 Å². The Morgan fingerprint density at radius 1 is 0.921 bits per heavy atom. The van der Waals surface area contributed by atoms with Gasteiger partial charge in [-0.2, -0.15) is 0 Å². The topological polar surface area (TPSA) is 94.2 Å². The summed E-state index contributed by atoms with van der Waals surface area (Å²) in [5.74, 6) is 0.891. The van der Waals surface area contributed by atoms with Gasteiger partial charge < -0.3 is 19.5 Å². The highest BCUT2D eigenvalue weighted by Crippen LogP contribution is 2.33. The first-order valence-corrected chi connectivity index (χ1v) is 13.8. The fourth-order valence-corrected chi connectivity index (χ4v) is 5.34.